The number of carbonyl (C=O) groups is 1. The van der Waals surface area contributed by atoms with Gasteiger partial charge in [-0.1, -0.05) is 0 Å². The molecule has 0 aromatic carbocycles. The third kappa shape index (κ3) is 2.82. The lowest BCUT2D eigenvalue weighted by molar-refractivity contribution is 0.0517. The Morgan fingerprint density at radius 3 is 3.00 bits per heavy atom. The number of pyridine rings is 1. The van der Waals surface area contributed by atoms with Crippen LogP contribution < -0.4 is 4.74 Å². The summed E-state index contributed by atoms with van der Waals surface area (Å²) < 4.78 is 5.79. The van der Waals surface area contributed by atoms with Crippen LogP contribution in [0, 0.1) is 18.3 Å². The lowest BCUT2D eigenvalue weighted by Crippen LogP contribution is -2.48. The van der Waals surface area contributed by atoms with Gasteiger partial charge < -0.3 is 14.7 Å². The van der Waals surface area contributed by atoms with E-state index < -0.39 is 6.09 Å². The molecule has 1 amide bonds. The second kappa shape index (κ2) is 5.78. The molecule has 0 aliphatic carbocycles. The van der Waals surface area contributed by atoms with Gasteiger partial charge in [-0.3, -0.25) is 0 Å². The summed E-state index contributed by atoms with van der Waals surface area (Å²) in [5, 5.41) is 18.1. The fraction of sp³-hybridized carbons (Fsp3) is 0.500. The van der Waals surface area contributed by atoms with Crippen LogP contribution in [0.1, 0.15) is 30.9 Å². The molecule has 0 unspecified atom stereocenters. The molecule has 1 N–H and O–H groups in total. The summed E-state index contributed by atoms with van der Waals surface area (Å²) in [6.07, 6.45) is 1.92. The second-order valence-electron chi connectivity index (χ2n) is 5.00. The maximum absolute atomic E-state index is 11.1. The van der Waals surface area contributed by atoms with Crippen molar-refractivity contribution in [3.63, 3.8) is 0 Å². The smallest absolute Gasteiger partial charge is 0.407 e. The van der Waals surface area contributed by atoms with E-state index >= 15 is 0 Å². The van der Waals surface area contributed by atoms with Gasteiger partial charge in [-0.05, 0) is 32.8 Å². The second-order valence-corrected chi connectivity index (χ2v) is 5.00. The molecule has 1 aromatic rings. The van der Waals surface area contributed by atoms with Gasteiger partial charge in [-0.25, -0.2) is 9.78 Å². The molecule has 1 aromatic heterocycles. The molecule has 6 heteroatoms. The van der Waals surface area contributed by atoms with Crippen molar-refractivity contribution < 1.29 is 14.6 Å². The van der Waals surface area contributed by atoms with Gasteiger partial charge >= 0.3 is 6.09 Å². The molecule has 6 nitrogen and oxygen atoms in total. The molecular weight excluding hydrogens is 258 g/mol. The molecule has 0 saturated carbocycles. The molecule has 2 atom stereocenters. The molecule has 106 valence electrons. The number of hydrogen-bond donors (Lipinski definition) is 1. The van der Waals surface area contributed by atoms with Gasteiger partial charge in [-0.2, -0.15) is 5.26 Å². The number of rotatable bonds is 2. The first-order chi connectivity index (χ1) is 9.52. The van der Waals surface area contributed by atoms with Crippen LogP contribution in [0.3, 0.4) is 0 Å². The largest absolute Gasteiger partial charge is 0.472 e. The van der Waals surface area contributed by atoms with E-state index in [4.69, 9.17) is 15.1 Å². The molecule has 0 radical (unpaired) electrons. The van der Waals surface area contributed by atoms with Crippen molar-refractivity contribution in [2.24, 2.45) is 0 Å². The average Bonchev–Trinajstić information content (AvgIpc) is 2.43. The highest BCUT2D eigenvalue weighted by Crippen LogP contribution is 2.24. The van der Waals surface area contributed by atoms with E-state index in [2.05, 4.69) is 11.1 Å². The average molecular weight is 275 g/mol. The zero-order valence-corrected chi connectivity index (χ0v) is 11.5. The first kappa shape index (κ1) is 14.1. The molecular formula is C14H17N3O3. The molecule has 1 fully saturated rings. The lowest BCUT2D eigenvalue weighted by atomic mass is 10.0. The SMILES string of the molecule is Cc1c(C#N)ccnc1O[C@@H]1CC[C@@H](C)N(C(=O)O)C1. The molecule has 0 bridgehead atoms. The summed E-state index contributed by atoms with van der Waals surface area (Å²) in [7, 11) is 0. The lowest BCUT2D eigenvalue weighted by Gasteiger charge is -2.35. The number of likely N-dealkylation sites (tertiary alicyclic amines) is 1. The highest BCUT2D eigenvalue weighted by molar-refractivity contribution is 5.65. The van der Waals surface area contributed by atoms with Gasteiger partial charge in [-0.15, -0.1) is 0 Å². The van der Waals surface area contributed by atoms with E-state index in [0.29, 0.717) is 23.6 Å². The summed E-state index contributed by atoms with van der Waals surface area (Å²) in [5.41, 5.74) is 1.21. The standard InChI is InChI=1S/C14H17N3O3/c1-9-3-4-12(8-17(9)14(18)19)20-13-10(2)11(7-15)5-6-16-13/h5-6,9,12H,3-4,8H2,1-2H3,(H,18,19)/t9-,12-/m1/s1. The van der Waals surface area contributed by atoms with Crippen molar-refractivity contribution in [2.75, 3.05) is 6.54 Å². The van der Waals surface area contributed by atoms with Crippen LogP contribution >= 0.6 is 0 Å². The zero-order valence-electron chi connectivity index (χ0n) is 11.5. The molecule has 0 spiro atoms. The summed E-state index contributed by atoms with van der Waals surface area (Å²) >= 11 is 0. The molecule has 1 aliphatic heterocycles. The van der Waals surface area contributed by atoms with E-state index in [9.17, 15) is 4.79 Å². The van der Waals surface area contributed by atoms with Crippen molar-refractivity contribution >= 4 is 6.09 Å². The number of piperidine rings is 1. The first-order valence-corrected chi connectivity index (χ1v) is 6.55. The van der Waals surface area contributed by atoms with Crippen LogP contribution in [0.2, 0.25) is 0 Å². The molecule has 20 heavy (non-hydrogen) atoms. The Morgan fingerprint density at radius 2 is 2.35 bits per heavy atom. The van der Waals surface area contributed by atoms with E-state index in [1.807, 2.05) is 6.92 Å². The Labute approximate surface area is 117 Å². The Kier molecular flexibility index (Phi) is 4.08. The number of aromatic nitrogens is 1. The van der Waals surface area contributed by atoms with Crippen LogP contribution in [0.5, 0.6) is 5.88 Å². The van der Waals surface area contributed by atoms with Crippen LogP contribution in [-0.4, -0.2) is 39.8 Å². The van der Waals surface area contributed by atoms with E-state index in [-0.39, 0.29) is 12.1 Å². The number of nitriles is 1. The summed E-state index contributed by atoms with van der Waals surface area (Å²) in [6, 6.07) is 3.72. The Bertz CT molecular complexity index is 553. The van der Waals surface area contributed by atoms with Crippen molar-refractivity contribution in [2.45, 2.75) is 38.8 Å². The summed E-state index contributed by atoms with van der Waals surface area (Å²) in [4.78, 5) is 16.7. The van der Waals surface area contributed by atoms with E-state index in [0.717, 1.165) is 12.8 Å². The third-order valence-electron chi connectivity index (χ3n) is 3.64. The normalized spacial score (nSPS) is 22.1. The predicted octanol–water partition coefficient (Wildman–Crippen LogP) is 2.17. The Hall–Kier alpha value is -2.29. The van der Waals surface area contributed by atoms with Crippen LogP contribution in [0.4, 0.5) is 4.79 Å². The van der Waals surface area contributed by atoms with Crippen molar-refractivity contribution in [3.8, 4) is 11.9 Å². The van der Waals surface area contributed by atoms with Crippen molar-refractivity contribution in [3.05, 3.63) is 23.4 Å². The summed E-state index contributed by atoms with van der Waals surface area (Å²) in [6.45, 7) is 4.00. The monoisotopic (exact) mass is 275 g/mol. The zero-order chi connectivity index (χ0) is 14.7. The molecule has 2 rings (SSSR count). The highest BCUT2D eigenvalue weighted by atomic mass is 16.5. The molecule has 2 heterocycles. The van der Waals surface area contributed by atoms with Gasteiger partial charge in [0.2, 0.25) is 5.88 Å². The third-order valence-corrected chi connectivity index (χ3v) is 3.64. The summed E-state index contributed by atoms with van der Waals surface area (Å²) in [5.74, 6) is 0.411. The number of nitrogens with zero attached hydrogens (tertiary/aromatic N) is 3. The number of ether oxygens (including phenoxy) is 1. The highest BCUT2D eigenvalue weighted by Gasteiger charge is 2.30. The topological polar surface area (TPSA) is 86.5 Å². The van der Waals surface area contributed by atoms with Gasteiger partial charge in [0.25, 0.3) is 0 Å². The fourth-order valence-electron chi connectivity index (χ4n) is 2.35. The minimum Gasteiger partial charge on any atom is -0.472 e. The first-order valence-electron chi connectivity index (χ1n) is 6.55. The molecule has 1 saturated heterocycles. The quantitative estimate of drug-likeness (QED) is 0.893. The fourth-order valence-corrected chi connectivity index (χ4v) is 2.35. The van der Waals surface area contributed by atoms with E-state index in [1.54, 1.807) is 13.0 Å². The maximum Gasteiger partial charge on any atom is 0.407 e. The van der Waals surface area contributed by atoms with Crippen molar-refractivity contribution in [1.82, 2.24) is 9.88 Å². The maximum atomic E-state index is 11.1. The Morgan fingerprint density at radius 1 is 1.60 bits per heavy atom. The number of amides is 1. The molecule has 1 aliphatic rings. The minimum atomic E-state index is -0.929. The van der Waals surface area contributed by atoms with Gasteiger partial charge in [0.15, 0.2) is 0 Å². The van der Waals surface area contributed by atoms with Crippen molar-refractivity contribution in [1.29, 1.82) is 5.26 Å². The number of hydrogen-bond acceptors (Lipinski definition) is 4. The van der Waals surface area contributed by atoms with Crippen LogP contribution in [0.25, 0.3) is 0 Å². The van der Waals surface area contributed by atoms with Crippen LogP contribution in [0.15, 0.2) is 12.3 Å². The van der Waals surface area contributed by atoms with Crippen LogP contribution in [-0.2, 0) is 0 Å². The Balaban J connectivity index is 2.11. The minimum absolute atomic E-state index is 0.00634. The van der Waals surface area contributed by atoms with E-state index in [1.165, 1.54) is 11.1 Å². The van der Waals surface area contributed by atoms with Gasteiger partial charge in [0.05, 0.1) is 18.2 Å². The van der Waals surface area contributed by atoms with Gasteiger partial charge in [0, 0.05) is 17.8 Å². The van der Waals surface area contributed by atoms with Gasteiger partial charge in [0.1, 0.15) is 6.10 Å². The number of carboxylic acid groups (broad SMARTS) is 1. The predicted molar refractivity (Wildman–Crippen MR) is 71.5 cm³/mol.